The van der Waals surface area contributed by atoms with Crippen molar-refractivity contribution in [3.05, 3.63) is 0 Å². The third kappa shape index (κ3) is 2.72. The van der Waals surface area contributed by atoms with Crippen molar-refractivity contribution in [3.63, 3.8) is 0 Å². The third-order valence-electron chi connectivity index (χ3n) is 4.08. The summed E-state index contributed by atoms with van der Waals surface area (Å²) in [6.45, 7) is 6.56. The standard InChI is InChI=1S/C13H23N3O2/c1-9(2)16-6-4-10(5-7-16)14-11-8-12(17)15(3)13(11)18/h9-11,14H,4-8H2,1-3H3. The number of likely N-dealkylation sites (tertiary alicyclic amines) is 2. The highest BCUT2D eigenvalue weighted by Crippen LogP contribution is 2.17. The predicted octanol–water partition coefficient (Wildman–Crippen LogP) is 0.206. The topological polar surface area (TPSA) is 52.7 Å². The fourth-order valence-corrected chi connectivity index (χ4v) is 2.75. The van der Waals surface area contributed by atoms with Crippen molar-refractivity contribution in [2.45, 2.75) is 51.2 Å². The minimum atomic E-state index is -0.293. The van der Waals surface area contributed by atoms with Gasteiger partial charge in [-0.25, -0.2) is 0 Å². The second kappa shape index (κ2) is 5.36. The second-order valence-electron chi connectivity index (χ2n) is 5.62. The van der Waals surface area contributed by atoms with E-state index in [1.54, 1.807) is 7.05 Å². The molecule has 0 bridgehead atoms. The van der Waals surface area contributed by atoms with Gasteiger partial charge in [0.05, 0.1) is 12.5 Å². The van der Waals surface area contributed by atoms with Gasteiger partial charge in [-0.05, 0) is 39.8 Å². The minimum absolute atomic E-state index is 0.0721. The number of nitrogens with one attached hydrogen (secondary N) is 1. The second-order valence-corrected chi connectivity index (χ2v) is 5.62. The molecule has 2 aliphatic heterocycles. The molecule has 0 spiro atoms. The Bertz CT molecular complexity index is 335. The van der Waals surface area contributed by atoms with Crippen molar-refractivity contribution in [1.82, 2.24) is 15.1 Å². The molecule has 2 fully saturated rings. The zero-order valence-corrected chi connectivity index (χ0v) is 11.5. The van der Waals surface area contributed by atoms with Gasteiger partial charge >= 0.3 is 0 Å². The average molecular weight is 253 g/mol. The summed E-state index contributed by atoms with van der Waals surface area (Å²) in [5.41, 5.74) is 0. The van der Waals surface area contributed by atoms with Crippen LogP contribution >= 0.6 is 0 Å². The average Bonchev–Trinajstić information content (AvgIpc) is 2.58. The summed E-state index contributed by atoms with van der Waals surface area (Å²) in [5, 5.41) is 3.35. The molecule has 18 heavy (non-hydrogen) atoms. The maximum atomic E-state index is 11.8. The van der Waals surface area contributed by atoms with Crippen molar-refractivity contribution in [1.29, 1.82) is 0 Å². The first-order valence-corrected chi connectivity index (χ1v) is 6.79. The van der Waals surface area contributed by atoms with E-state index >= 15 is 0 Å². The first-order valence-electron chi connectivity index (χ1n) is 6.79. The van der Waals surface area contributed by atoms with Crippen LogP contribution in [0.3, 0.4) is 0 Å². The molecule has 2 heterocycles. The van der Waals surface area contributed by atoms with Gasteiger partial charge in [0, 0.05) is 19.1 Å². The molecule has 2 aliphatic rings. The third-order valence-corrected chi connectivity index (χ3v) is 4.08. The lowest BCUT2D eigenvalue weighted by Gasteiger charge is -2.35. The summed E-state index contributed by atoms with van der Waals surface area (Å²) in [7, 11) is 1.56. The molecule has 1 atom stereocenters. The lowest BCUT2D eigenvalue weighted by molar-refractivity contribution is -0.137. The van der Waals surface area contributed by atoms with E-state index in [1.807, 2.05) is 0 Å². The number of hydrogen-bond donors (Lipinski definition) is 1. The summed E-state index contributed by atoms with van der Waals surface area (Å²) < 4.78 is 0. The van der Waals surface area contributed by atoms with Crippen LogP contribution in [0.4, 0.5) is 0 Å². The van der Waals surface area contributed by atoms with Gasteiger partial charge in [-0.3, -0.25) is 14.5 Å². The van der Waals surface area contributed by atoms with Crippen LogP contribution in [0.15, 0.2) is 0 Å². The predicted molar refractivity (Wildman–Crippen MR) is 69.0 cm³/mol. The van der Waals surface area contributed by atoms with E-state index in [4.69, 9.17) is 0 Å². The number of imide groups is 1. The van der Waals surface area contributed by atoms with E-state index in [-0.39, 0.29) is 17.9 Å². The first kappa shape index (κ1) is 13.5. The van der Waals surface area contributed by atoms with Gasteiger partial charge < -0.3 is 10.2 Å². The van der Waals surface area contributed by atoms with E-state index in [9.17, 15) is 9.59 Å². The molecular weight excluding hydrogens is 230 g/mol. The lowest BCUT2D eigenvalue weighted by Crippen LogP contribution is -2.49. The number of hydrogen-bond acceptors (Lipinski definition) is 4. The van der Waals surface area contributed by atoms with Gasteiger partial charge in [0.1, 0.15) is 0 Å². The van der Waals surface area contributed by atoms with Gasteiger partial charge in [0.15, 0.2) is 0 Å². The summed E-state index contributed by atoms with van der Waals surface area (Å²) >= 11 is 0. The molecule has 1 N–H and O–H groups in total. The molecule has 0 aromatic carbocycles. The smallest absolute Gasteiger partial charge is 0.246 e. The zero-order chi connectivity index (χ0) is 13.3. The number of carbonyl (C=O) groups is 2. The van der Waals surface area contributed by atoms with Crippen molar-refractivity contribution in [3.8, 4) is 0 Å². The maximum absolute atomic E-state index is 11.8. The van der Waals surface area contributed by atoms with Crippen LogP contribution in [0.5, 0.6) is 0 Å². The van der Waals surface area contributed by atoms with E-state index in [2.05, 4.69) is 24.1 Å². The van der Waals surface area contributed by atoms with Gasteiger partial charge in [-0.1, -0.05) is 0 Å². The van der Waals surface area contributed by atoms with Crippen LogP contribution < -0.4 is 5.32 Å². The van der Waals surface area contributed by atoms with Gasteiger partial charge in [0.2, 0.25) is 11.8 Å². The Balaban J connectivity index is 1.82. The van der Waals surface area contributed by atoms with Gasteiger partial charge in [-0.2, -0.15) is 0 Å². The van der Waals surface area contributed by atoms with Gasteiger partial charge in [0.25, 0.3) is 0 Å². The number of nitrogens with zero attached hydrogens (tertiary/aromatic N) is 2. The molecule has 0 aromatic rings. The minimum Gasteiger partial charge on any atom is -0.303 e. The Morgan fingerprint density at radius 1 is 1.22 bits per heavy atom. The number of carbonyl (C=O) groups excluding carboxylic acids is 2. The zero-order valence-electron chi connectivity index (χ0n) is 11.5. The summed E-state index contributed by atoms with van der Waals surface area (Å²) in [4.78, 5) is 26.9. The molecule has 1 unspecified atom stereocenters. The van der Waals surface area contributed by atoms with Crippen LogP contribution in [0.2, 0.25) is 0 Å². The monoisotopic (exact) mass is 253 g/mol. The molecule has 2 saturated heterocycles. The van der Waals surface area contributed by atoms with Crippen molar-refractivity contribution in [2.75, 3.05) is 20.1 Å². The van der Waals surface area contributed by atoms with Crippen LogP contribution in [-0.4, -0.2) is 59.9 Å². The number of piperidine rings is 1. The molecule has 0 saturated carbocycles. The molecule has 0 radical (unpaired) electrons. The number of amides is 2. The molecule has 2 rings (SSSR count). The molecule has 0 aromatic heterocycles. The van der Waals surface area contributed by atoms with Gasteiger partial charge in [-0.15, -0.1) is 0 Å². The Hall–Kier alpha value is -0.940. The lowest BCUT2D eigenvalue weighted by atomic mass is 10.0. The highest BCUT2D eigenvalue weighted by molar-refractivity contribution is 6.05. The number of likely N-dealkylation sites (N-methyl/N-ethyl adjacent to an activating group) is 1. The molecule has 5 nitrogen and oxygen atoms in total. The van der Waals surface area contributed by atoms with Crippen LogP contribution in [-0.2, 0) is 9.59 Å². The fourth-order valence-electron chi connectivity index (χ4n) is 2.75. The molecule has 5 heteroatoms. The van der Waals surface area contributed by atoms with Crippen LogP contribution in [0.25, 0.3) is 0 Å². The van der Waals surface area contributed by atoms with E-state index < -0.39 is 0 Å². The van der Waals surface area contributed by atoms with Crippen molar-refractivity contribution < 1.29 is 9.59 Å². The highest BCUT2D eigenvalue weighted by atomic mass is 16.2. The maximum Gasteiger partial charge on any atom is 0.246 e. The van der Waals surface area contributed by atoms with E-state index in [0.29, 0.717) is 18.5 Å². The van der Waals surface area contributed by atoms with E-state index in [1.165, 1.54) is 4.90 Å². The van der Waals surface area contributed by atoms with Crippen molar-refractivity contribution in [2.24, 2.45) is 0 Å². The molecular formula is C13H23N3O2. The largest absolute Gasteiger partial charge is 0.303 e. The van der Waals surface area contributed by atoms with Crippen molar-refractivity contribution >= 4 is 11.8 Å². The number of rotatable bonds is 3. The highest BCUT2D eigenvalue weighted by Gasteiger charge is 2.37. The quantitative estimate of drug-likeness (QED) is 0.730. The Morgan fingerprint density at radius 3 is 2.28 bits per heavy atom. The SMILES string of the molecule is CC(C)N1CCC(NC2CC(=O)N(C)C2=O)CC1. The fraction of sp³-hybridized carbons (Fsp3) is 0.846. The Kier molecular flexibility index (Phi) is 4.02. The van der Waals surface area contributed by atoms with E-state index in [0.717, 1.165) is 25.9 Å². The molecule has 0 aliphatic carbocycles. The molecule has 2 amide bonds. The van der Waals surface area contributed by atoms with Crippen LogP contribution in [0, 0.1) is 0 Å². The first-order chi connectivity index (χ1) is 8.49. The normalized spacial score (nSPS) is 27.6. The Labute approximate surface area is 108 Å². The summed E-state index contributed by atoms with van der Waals surface area (Å²) in [5.74, 6) is -0.150. The summed E-state index contributed by atoms with van der Waals surface area (Å²) in [6, 6.07) is 0.665. The molecule has 102 valence electrons. The van der Waals surface area contributed by atoms with Crippen LogP contribution in [0.1, 0.15) is 33.1 Å². The summed E-state index contributed by atoms with van der Waals surface area (Å²) in [6.07, 6.45) is 2.43. The Morgan fingerprint density at radius 2 is 1.83 bits per heavy atom.